The van der Waals surface area contributed by atoms with Gasteiger partial charge in [0.15, 0.2) is 11.6 Å². The van der Waals surface area contributed by atoms with E-state index in [9.17, 15) is 13.6 Å². The van der Waals surface area contributed by atoms with Crippen LogP contribution in [0.15, 0.2) is 42.5 Å². The van der Waals surface area contributed by atoms with Gasteiger partial charge < -0.3 is 15.3 Å². The van der Waals surface area contributed by atoms with Crippen LogP contribution in [0.25, 0.3) is 0 Å². The van der Waals surface area contributed by atoms with Crippen molar-refractivity contribution in [2.45, 2.75) is 25.3 Å². The number of benzene rings is 2. The van der Waals surface area contributed by atoms with Gasteiger partial charge in [-0.05, 0) is 42.5 Å². The number of hydrogen-bond donors (Lipinski definition) is 2. The van der Waals surface area contributed by atoms with E-state index < -0.39 is 17.7 Å². The minimum Gasteiger partial charge on any atom is -0.396 e. The molecule has 2 aromatic rings. The van der Waals surface area contributed by atoms with E-state index in [0.29, 0.717) is 13.0 Å². The molecule has 1 atom stereocenters. The highest BCUT2D eigenvalue weighted by atomic mass is 19.2. The minimum atomic E-state index is -1.08. The van der Waals surface area contributed by atoms with Gasteiger partial charge in [-0.15, -0.1) is 0 Å². The maximum atomic E-state index is 13.8. The van der Waals surface area contributed by atoms with Crippen molar-refractivity contribution in [3.63, 3.8) is 0 Å². The van der Waals surface area contributed by atoms with Gasteiger partial charge in [-0.25, -0.2) is 13.6 Å². The van der Waals surface area contributed by atoms with Crippen LogP contribution in [-0.4, -0.2) is 29.2 Å². The molecule has 1 unspecified atom stereocenters. The van der Waals surface area contributed by atoms with E-state index in [4.69, 9.17) is 5.11 Å². The van der Waals surface area contributed by atoms with E-state index in [1.54, 1.807) is 4.90 Å². The fourth-order valence-electron chi connectivity index (χ4n) is 3.29. The number of halogens is 2. The van der Waals surface area contributed by atoms with Crippen LogP contribution in [0, 0.1) is 11.6 Å². The second kappa shape index (κ2) is 7.61. The van der Waals surface area contributed by atoms with Crippen LogP contribution in [0.5, 0.6) is 0 Å². The Bertz CT molecular complexity index is 767. The second-order valence-electron chi connectivity index (χ2n) is 6.06. The number of carbonyl (C=O) groups excluding carboxylic acids is 1. The number of fused-ring (bicyclic) bond motifs is 1. The number of hydrogen-bond acceptors (Lipinski definition) is 2. The summed E-state index contributed by atoms with van der Waals surface area (Å²) in [5.74, 6) is -2.09. The molecule has 0 radical (unpaired) electrons. The number of aryl methyl sites for hydroxylation is 1. The van der Waals surface area contributed by atoms with Crippen molar-refractivity contribution in [3.8, 4) is 0 Å². The number of rotatable bonds is 5. The smallest absolute Gasteiger partial charge is 0.322 e. The third-order valence-corrected chi connectivity index (χ3v) is 4.49. The van der Waals surface area contributed by atoms with Gasteiger partial charge >= 0.3 is 6.03 Å². The molecule has 3 rings (SSSR count). The quantitative estimate of drug-likeness (QED) is 0.863. The van der Waals surface area contributed by atoms with Crippen LogP contribution in [0.4, 0.5) is 19.3 Å². The van der Waals surface area contributed by atoms with Gasteiger partial charge in [0.25, 0.3) is 0 Å². The zero-order valence-electron chi connectivity index (χ0n) is 13.7. The summed E-state index contributed by atoms with van der Waals surface area (Å²) < 4.78 is 27.2. The lowest BCUT2D eigenvalue weighted by Crippen LogP contribution is -2.38. The second-order valence-corrected chi connectivity index (χ2v) is 6.06. The maximum absolute atomic E-state index is 13.8. The van der Waals surface area contributed by atoms with Crippen molar-refractivity contribution in [1.29, 1.82) is 0 Å². The van der Waals surface area contributed by atoms with Gasteiger partial charge in [0, 0.05) is 13.2 Å². The van der Waals surface area contributed by atoms with Crippen molar-refractivity contribution < 1.29 is 18.7 Å². The number of amides is 2. The normalized spacial score (nSPS) is 15.7. The molecule has 2 N–H and O–H groups in total. The number of nitrogens with one attached hydrogen (secondary N) is 1. The molecule has 0 saturated heterocycles. The van der Waals surface area contributed by atoms with E-state index in [1.807, 2.05) is 24.3 Å². The first-order chi connectivity index (χ1) is 12.1. The summed E-state index contributed by atoms with van der Waals surface area (Å²) in [6.45, 7) is 0.282. The van der Waals surface area contributed by atoms with Gasteiger partial charge in [-0.2, -0.15) is 0 Å². The Hall–Kier alpha value is -2.47. The number of nitrogens with zero attached hydrogens (tertiary/aromatic N) is 1. The van der Waals surface area contributed by atoms with Gasteiger partial charge in [-0.1, -0.05) is 30.3 Å². The SMILES string of the molecule is O=C(Nc1cccc(F)c1F)N(CCCO)C1CCc2ccccc21. The Morgan fingerprint density at radius 2 is 2.00 bits per heavy atom. The monoisotopic (exact) mass is 346 g/mol. The first-order valence-corrected chi connectivity index (χ1v) is 8.32. The van der Waals surface area contributed by atoms with Gasteiger partial charge in [-0.3, -0.25) is 0 Å². The summed E-state index contributed by atoms with van der Waals surface area (Å²) in [6.07, 6.45) is 2.04. The van der Waals surface area contributed by atoms with Crippen molar-refractivity contribution in [2.24, 2.45) is 0 Å². The predicted octanol–water partition coefficient (Wildman–Crippen LogP) is 3.87. The van der Waals surface area contributed by atoms with Gasteiger partial charge in [0.05, 0.1) is 11.7 Å². The average molecular weight is 346 g/mol. The Morgan fingerprint density at radius 3 is 2.80 bits per heavy atom. The van der Waals surface area contributed by atoms with Gasteiger partial charge in [0.1, 0.15) is 0 Å². The number of anilines is 1. The van der Waals surface area contributed by atoms with Crippen LogP contribution in [-0.2, 0) is 6.42 Å². The molecule has 0 aromatic heterocycles. The highest BCUT2D eigenvalue weighted by molar-refractivity contribution is 5.89. The molecule has 0 heterocycles. The third kappa shape index (κ3) is 3.64. The molecule has 0 spiro atoms. The van der Waals surface area contributed by atoms with Crippen molar-refractivity contribution in [2.75, 3.05) is 18.5 Å². The van der Waals surface area contributed by atoms with E-state index in [-0.39, 0.29) is 18.3 Å². The molecular formula is C19H20F2N2O2. The Labute approximate surface area is 145 Å². The standard InChI is InChI=1S/C19H20F2N2O2/c20-15-7-3-8-16(18(15)21)22-19(25)23(11-4-12-24)17-10-9-13-5-1-2-6-14(13)17/h1-3,5-8,17,24H,4,9-12H2,(H,22,25). The Morgan fingerprint density at radius 1 is 1.20 bits per heavy atom. The number of aliphatic hydroxyl groups excluding tert-OH is 1. The molecule has 0 saturated carbocycles. The van der Waals surface area contributed by atoms with Crippen molar-refractivity contribution >= 4 is 11.7 Å². The van der Waals surface area contributed by atoms with E-state index >= 15 is 0 Å². The molecule has 6 heteroatoms. The van der Waals surface area contributed by atoms with Crippen LogP contribution >= 0.6 is 0 Å². The van der Waals surface area contributed by atoms with E-state index in [0.717, 1.165) is 24.5 Å². The lowest BCUT2D eigenvalue weighted by atomic mass is 10.1. The van der Waals surface area contributed by atoms with Crippen molar-refractivity contribution in [1.82, 2.24) is 4.90 Å². The Kier molecular flexibility index (Phi) is 5.28. The van der Waals surface area contributed by atoms with E-state index in [1.165, 1.54) is 17.7 Å². The largest absolute Gasteiger partial charge is 0.396 e. The first kappa shape index (κ1) is 17.4. The summed E-state index contributed by atoms with van der Waals surface area (Å²) in [6, 6.07) is 10.9. The molecule has 132 valence electrons. The third-order valence-electron chi connectivity index (χ3n) is 4.49. The molecule has 0 fully saturated rings. The lowest BCUT2D eigenvalue weighted by molar-refractivity contribution is 0.177. The molecule has 2 amide bonds. The summed E-state index contributed by atoms with van der Waals surface area (Å²) in [7, 11) is 0. The average Bonchev–Trinajstić information content (AvgIpc) is 3.03. The maximum Gasteiger partial charge on any atom is 0.322 e. The van der Waals surface area contributed by atoms with Crippen molar-refractivity contribution in [3.05, 3.63) is 65.2 Å². The molecule has 2 aromatic carbocycles. The summed E-state index contributed by atoms with van der Waals surface area (Å²) >= 11 is 0. The Balaban J connectivity index is 1.83. The number of aliphatic hydroxyl groups is 1. The summed E-state index contributed by atoms with van der Waals surface area (Å²) in [4.78, 5) is 14.3. The van der Waals surface area contributed by atoms with E-state index in [2.05, 4.69) is 5.32 Å². The predicted molar refractivity (Wildman–Crippen MR) is 91.3 cm³/mol. The highest BCUT2D eigenvalue weighted by Crippen LogP contribution is 2.36. The number of carbonyl (C=O) groups is 1. The molecule has 1 aliphatic carbocycles. The van der Waals surface area contributed by atoms with Crippen LogP contribution in [0.1, 0.15) is 30.0 Å². The molecule has 1 aliphatic rings. The lowest BCUT2D eigenvalue weighted by Gasteiger charge is -2.30. The van der Waals surface area contributed by atoms with Gasteiger partial charge in [0.2, 0.25) is 0 Å². The molecule has 25 heavy (non-hydrogen) atoms. The molecule has 0 bridgehead atoms. The fraction of sp³-hybridized carbons (Fsp3) is 0.316. The van der Waals surface area contributed by atoms with Crippen LogP contribution in [0.2, 0.25) is 0 Å². The van der Waals surface area contributed by atoms with Crippen LogP contribution < -0.4 is 5.32 Å². The van der Waals surface area contributed by atoms with Crippen LogP contribution in [0.3, 0.4) is 0 Å². The minimum absolute atomic E-state index is 0.0491. The zero-order chi connectivity index (χ0) is 17.8. The highest BCUT2D eigenvalue weighted by Gasteiger charge is 2.31. The first-order valence-electron chi connectivity index (χ1n) is 8.32. The number of urea groups is 1. The molecule has 4 nitrogen and oxygen atoms in total. The topological polar surface area (TPSA) is 52.6 Å². The summed E-state index contributed by atoms with van der Waals surface area (Å²) in [5.41, 5.74) is 2.06. The summed E-state index contributed by atoms with van der Waals surface area (Å²) in [5, 5.41) is 11.6. The molecular weight excluding hydrogens is 326 g/mol. The zero-order valence-corrected chi connectivity index (χ0v) is 13.7. The molecule has 0 aliphatic heterocycles. The fourth-order valence-corrected chi connectivity index (χ4v) is 3.29.